The lowest BCUT2D eigenvalue weighted by Gasteiger charge is -2.27. The quantitative estimate of drug-likeness (QED) is 0.271. The number of para-hydroxylation sites is 1. The Bertz CT molecular complexity index is 1800. The van der Waals surface area contributed by atoms with Crippen molar-refractivity contribution < 1.29 is 22.5 Å². The van der Waals surface area contributed by atoms with Crippen molar-refractivity contribution in [1.82, 2.24) is 19.8 Å². The Morgan fingerprint density at radius 1 is 1.00 bits per heavy atom. The second-order valence-corrected chi connectivity index (χ2v) is 10.8. The minimum Gasteiger partial charge on any atom is -0.380 e. The van der Waals surface area contributed by atoms with E-state index in [4.69, 9.17) is 10.3 Å². The summed E-state index contributed by atoms with van der Waals surface area (Å²) < 4.78 is 48.0. The van der Waals surface area contributed by atoms with Crippen molar-refractivity contribution >= 4 is 28.4 Å². The molecule has 1 fully saturated rings. The Morgan fingerprint density at radius 2 is 1.81 bits per heavy atom. The van der Waals surface area contributed by atoms with Crippen LogP contribution in [0, 0.1) is 0 Å². The number of nitrogens with two attached hydrogens (primary N) is 1. The van der Waals surface area contributed by atoms with Crippen LogP contribution in [0.2, 0.25) is 0 Å². The smallest absolute Gasteiger partial charge is 0.380 e. The second-order valence-electron chi connectivity index (χ2n) is 10.8. The van der Waals surface area contributed by atoms with Gasteiger partial charge >= 0.3 is 6.18 Å². The van der Waals surface area contributed by atoms with Crippen molar-refractivity contribution in [3.63, 3.8) is 0 Å². The highest BCUT2D eigenvalue weighted by atomic mass is 19.4. The number of aromatic nitrogens is 3. The first kappa shape index (κ1) is 26.3. The number of nitrogen functional groups attached to an aromatic ring is 1. The van der Waals surface area contributed by atoms with E-state index >= 15 is 0 Å². The van der Waals surface area contributed by atoms with Crippen LogP contribution in [0.3, 0.4) is 0 Å². The SMILES string of the molecule is Nc1noc2ccc(-n3nc(C(F)(F)F)cc3C(=O)N3c4ccccc4CC3c3cccc(CN4CCCC4)c3)cc12. The number of likely N-dealkylation sites (tertiary alicyclic amines) is 1. The summed E-state index contributed by atoms with van der Waals surface area (Å²) in [5.74, 6) is -0.499. The van der Waals surface area contributed by atoms with Crippen molar-refractivity contribution in [1.29, 1.82) is 0 Å². The van der Waals surface area contributed by atoms with Crippen molar-refractivity contribution in [2.45, 2.75) is 38.0 Å². The van der Waals surface area contributed by atoms with Gasteiger partial charge in [0.15, 0.2) is 17.1 Å². The molecule has 2 aromatic heterocycles. The normalized spacial score (nSPS) is 17.3. The van der Waals surface area contributed by atoms with Crippen LogP contribution in [-0.2, 0) is 19.1 Å². The lowest BCUT2D eigenvalue weighted by molar-refractivity contribution is -0.141. The molecule has 1 atom stereocenters. The fourth-order valence-corrected chi connectivity index (χ4v) is 6.07. The number of benzene rings is 3. The van der Waals surface area contributed by atoms with E-state index in [1.807, 2.05) is 36.4 Å². The summed E-state index contributed by atoms with van der Waals surface area (Å²) in [5, 5.41) is 7.97. The standard InChI is InChI=1S/C31H27F3N6O2/c32-31(33,34)28-17-26(40(36-28)22-10-11-27-23(16-22)29(35)37-42-27)30(41)39-24-9-2-1-7-21(24)15-25(39)20-8-5-6-19(14-20)18-38-12-3-4-13-38/h1-2,5-11,14,16-17,25H,3-4,12-13,15,18H2,(H2,35,37). The predicted octanol–water partition coefficient (Wildman–Crippen LogP) is 6.15. The third kappa shape index (κ3) is 4.59. The molecule has 0 aliphatic carbocycles. The molecule has 3 aromatic carbocycles. The zero-order chi connectivity index (χ0) is 29.0. The average Bonchev–Trinajstić information content (AvgIpc) is 3.78. The Balaban J connectivity index is 1.32. The maximum absolute atomic E-state index is 14.4. The average molecular weight is 573 g/mol. The Morgan fingerprint density at radius 3 is 2.62 bits per heavy atom. The topological polar surface area (TPSA) is 93.4 Å². The number of amides is 1. The number of carbonyl (C=O) groups is 1. The molecule has 42 heavy (non-hydrogen) atoms. The molecule has 2 aliphatic rings. The van der Waals surface area contributed by atoms with Gasteiger partial charge in [0.25, 0.3) is 5.91 Å². The molecule has 0 bridgehead atoms. The highest BCUT2D eigenvalue weighted by Crippen LogP contribution is 2.42. The summed E-state index contributed by atoms with van der Waals surface area (Å²) in [4.78, 5) is 18.4. The van der Waals surface area contributed by atoms with E-state index in [1.165, 1.54) is 31.0 Å². The van der Waals surface area contributed by atoms with Gasteiger partial charge in [0, 0.05) is 18.3 Å². The maximum Gasteiger partial charge on any atom is 0.435 e. The van der Waals surface area contributed by atoms with E-state index in [1.54, 1.807) is 4.90 Å². The number of carbonyl (C=O) groups excluding carboxylic acids is 1. The van der Waals surface area contributed by atoms with Crippen LogP contribution in [0.5, 0.6) is 0 Å². The van der Waals surface area contributed by atoms with Gasteiger partial charge in [-0.1, -0.05) is 47.6 Å². The molecule has 0 spiro atoms. The molecule has 0 saturated carbocycles. The molecular formula is C31H27F3N6O2. The molecule has 1 saturated heterocycles. The summed E-state index contributed by atoms with van der Waals surface area (Å²) >= 11 is 0. The van der Waals surface area contributed by atoms with Gasteiger partial charge < -0.3 is 10.3 Å². The molecule has 2 N–H and O–H groups in total. The summed E-state index contributed by atoms with van der Waals surface area (Å²) in [5.41, 5.74) is 8.80. The summed E-state index contributed by atoms with van der Waals surface area (Å²) in [6.07, 6.45) is -1.85. The minimum atomic E-state index is -4.76. The molecule has 4 heterocycles. The van der Waals surface area contributed by atoms with E-state index < -0.39 is 23.8 Å². The first-order valence-electron chi connectivity index (χ1n) is 13.8. The van der Waals surface area contributed by atoms with E-state index in [-0.39, 0.29) is 17.2 Å². The van der Waals surface area contributed by atoms with Crippen LogP contribution in [0.25, 0.3) is 16.7 Å². The molecule has 5 aromatic rings. The fourth-order valence-electron chi connectivity index (χ4n) is 6.07. The second kappa shape index (κ2) is 10.0. The third-order valence-electron chi connectivity index (χ3n) is 8.08. The van der Waals surface area contributed by atoms with Gasteiger partial charge in [-0.2, -0.15) is 18.3 Å². The van der Waals surface area contributed by atoms with Crippen LogP contribution in [-0.4, -0.2) is 38.8 Å². The zero-order valence-electron chi connectivity index (χ0n) is 22.5. The Kier molecular flexibility index (Phi) is 6.27. The third-order valence-corrected chi connectivity index (χ3v) is 8.08. The predicted molar refractivity (Wildman–Crippen MR) is 151 cm³/mol. The van der Waals surface area contributed by atoms with E-state index in [0.29, 0.717) is 23.1 Å². The number of halogens is 3. The van der Waals surface area contributed by atoms with Crippen molar-refractivity contribution in [3.05, 3.63) is 101 Å². The highest BCUT2D eigenvalue weighted by molar-refractivity contribution is 6.07. The van der Waals surface area contributed by atoms with E-state index in [0.717, 1.165) is 47.1 Å². The number of fused-ring (bicyclic) bond motifs is 2. The van der Waals surface area contributed by atoms with Gasteiger partial charge in [0.2, 0.25) is 0 Å². The maximum atomic E-state index is 14.4. The van der Waals surface area contributed by atoms with E-state index in [2.05, 4.69) is 27.3 Å². The number of anilines is 2. The number of nitrogens with zero attached hydrogens (tertiary/aromatic N) is 5. The summed E-state index contributed by atoms with van der Waals surface area (Å²) in [6, 6.07) is 20.6. The summed E-state index contributed by atoms with van der Waals surface area (Å²) in [7, 11) is 0. The molecule has 2 aliphatic heterocycles. The van der Waals surface area contributed by atoms with Crippen LogP contribution < -0.4 is 10.6 Å². The largest absolute Gasteiger partial charge is 0.435 e. The first-order chi connectivity index (χ1) is 20.3. The van der Waals surface area contributed by atoms with Gasteiger partial charge in [-0.3, -0.25) is 14.6 Å². The molecule has 8 nitrogen and oxygen atoms in total. The van der Waals surface area contributed by atoms with Crippen molar-refractivity contribution in [3.8, 4) is 5.69 Å². The molecule has 11 heteroatoms. The summed E-state index contributed by atoms with van der Waals surface area (Å²) in [6.45, 7) is 2.93. The monoisotopic (exact) mass is 572 g/mol. The van der Waals surface area contributed by atoms with Gasteiger partial charge in [0.05, 0.1) is 17.1 Å². The number of alkyl halides is 3. The van der Waals surface area contributed by atoms with Crippen LogP contribution in [0.4, 0.5) is 24.7 Å². The van der Waals surface area contributed by atoms with Gasteiger partial charge in [-0.25, -0.2) is 4.68 Å². The lowest BCUT2D eigenvalue weighted by atomic mass is 10.00. The Labute approximate surface area is 239 Å². The van der Waals surface area contributed by atoms with Crippen molar-refractivity contribution in [2.75, 3.05) is 23.7 Å². The van der Waals surface area contributed by atoms with E-state index in [9.17, 15) is 18.0 Å². The molecule has 1 unspecified atom stereocenters. The number of hydrogen-bond donors (Lipinski definition) is 1. The van der Waals surface area contributed by atoms with Crippen molar-refractivity contribution in [2.24, 2.45) is 0 Å². The van der Waals surface area contributed by atoms with Gasteiger partial charge in [-0.15, -0.1) is 0 Å². The molecular weight excluding hydrogens is 545 g/mol. The lowest BCUT2D eigenvalue weighted by Crippen LogP contribution is -2.33. The minimum absolute atomic E-state index is 0.0882. The van der Waals surface area contributed by atoms with Gasteiger partial charge in [0.1, 0.15) is 5.69 Å². The molecule has 1 amide bonds. The molecule has 214 valence electrons. The number of hydrogen-bond acceptors (Lipinski definition) is 6. The zero-order valence-corrected chi connectivity index (χ0v) is 22.5. The highest BCUT2D eigenvalue weighted by Gasteiger charge is 2.40. The van der Waals surface area contributed by atoms with Crippen LogP contribution >= 0.6 is 0 Å². The Hall–Kier alpha value is -4.64. The van der Waals surface area contributed by atoms with Gasteiger partial charge in [-0.05, 0) is 73.3 Å². The molecule has 0 radical (unpaired) electrons. The first-order valence-corrected chi connectivity index (χ1v) is 13.8. The number of rotatable bonds is 5. The molecule has 7 rings (SSSR count). The van der Waals surface area contributed by atoms with Crippen LogP contribution in [0.15, 0.2) is 77.3 Å². The van der Waals surface area contributed by atoms with Crippen LogP contribution in [0.1, 0.15) is 51.8 Å². The fraction of sp³-hybridized carbons (Fsp3) is 0.258.